The van der Waals surface area contributed by atoms with Crippen LogP contribution in [0.3, 0.4) is 0 Å². The van der Waals surface area contributed by atoms with Gasteiger partial charge in [0.2, 0.25) is 29.5 Å². The number of carbonyl (C=O) groups excluding carboxylic acids is 2. The number of quaternary nitrogens is 1. The van der Waals surface area contributed by atoms with E-state index in [0.717, 1.165) is 15.4 Å². The third kappa shape index (κ3) is 5.75. The number of benzene rings is 1. The lowest BCUT2D eigenvalue weighted by molar-refractivity contribution is -0.725. The summed E-state index contributed by atoms with van der Waals surface area (Å²) >= 11 is 0. The Morgan fingerprint density at radius 2 is 1.88 bits per heavy atom. The summed E-state index contributed by atoms with van der Waals surface area (Å²) in [5, 5.41) is 6.99. The molecule has 1 aromatic carbocycles. The number of likely N-dealkylation sites (tertiary alicyclic amines) is 1. The molecule has 3 heterocycles. The molecular weight excluding hydrogens is 544 g/mol. The van der Waals surface area contributed by atoms with Crippen molar-refractivity contribution in [1.82, 2.24) is 25.7 Å². The lowest BCUT2D eigenvalue weighted by Gasteiger charge is -2.35. The van der Waals surface area contributed by atoms with Crippen LogP contribution in [0.1, 0.15) is 48.0 Å². The van der Waals surface area contributed by atoms with Crippen molar-refractivity contribution in [2.45, 2.75) is 55.8 Å². The summed E-state index contributed by atoms with van der Waals surface area (Å²) in [7, 11) is 0. The zero-order chi connectivity index (χ0) is 28.6. The first-order valence-corrected chi connectivity index (χ1v) is 12.6. The maximum atomic E-state index is 14.9. The number of pyridine rings is 1. The highest BCUT2D eigenvalue weighted by molar-refractivity contribution is 5.92. The van der Waals surface area contributed by atoms with Crippen LogP contribution in [-0.4, -0.2) is 70.2 Å². The molecule has 40 heavy (non-hydrogen) atoms. The maximum absolute atomic E-state index is 14.9. The van der Waals surface area contributed by atoms with Crippen LogP contribution in [0.25, 0.3) is 0 Å². The molecule has 1 aromatic heterocycles. The van der Waals surface area contributed by atoms with E-state index in [0.29, 0.717) is 5.56 Å². The number of halogens is 6. The Labute approximate surface area is 224 Å². The highest BCUT2D eigenvalue weighted by atomic mass is 19.3. The molecule has 2 aromatic rings. The van der Waals surface area contributed by atoms with Gasteiger partial charge in [-0.05, 0) is 28.2 Å². The van der Waals surface area contributed by atoms with Crippen LogP contribution in [0.15, 0.2) is 47.6 Å². The Kier molecular flexibility index (Phi) is 7.68. The molecule has 0 spiro atoms. The van der Waals surface area contributed by atoms with E-state index in [9.17, 15) is 35.9 Å². The smallest absolute Gasteiger partial charge is 0.302 e. The molecular formula is C25H26F6N7O2+. The van der Waals surface area contributed by atoms with Gasteiger partial charge in [0, 0.05) is 24.8 Å². The molecule has 0 radical (unpaired) electrons. The molecule has 1 saturated carbocycles. The lowest BCUT2D eigenvalue weighted by Crippen LogP contribution is -2.87. The average Bonchev–Trinajstić information content (AvgIpc) is 3.53. The van der Waals surface area contributed by atoms with Crippen LogP contribution >= 0.6 is 0 Å². The second kappa shape index (κ2) is 11.0. The number of nitrogens with two attached hydrogens (primary N) is 1. The first-order valence-electron chi connectivity index (χ1n) is 12.6. The molecule has 214 valence electrons. The fourth-order valence-corrected chi connectivity index (χ4v) is 5.15. The summed E-state index contributed by atoms with van der Waals surface area (Å²) in [6.45, 7) is -1.04. The van der Waals surface area contributed by atoms with Crippen molar-refractivity contribution in [2.24, 2.45) is 5.10 Å². The molecule has 3 atom stereocenters. The van der Waals surface area contributed by atoms with E-state index >= 15 is 0 Å². The third-order valence-electron chi connectivity index (χ3n) is 7.19. The number of alkyl halides is 5. The van der Waals surface area contributed by atoms with Gasteiger partial charge in [-0.15, -0.1) is 5.53 Å². The van der Waals surface area contributed by atoms with Gasteiger partial charge in [-0.1, -0.05) is 36.4 Å². The first-order chi connectivity index (χ1) is 19.0. The predicted molar refractivity (Wildman–Crippen MR) is 128 cm³/mol. The summed E-state index contributed by atoms with van der Waals surface area (Å²) in [6, 6.07) is 8.91. The van der Waals surface area contributed by atoms with Crippen molar-refractivity contribution in [3.8, 4) is 0 Å². The Balaban J connectivity index is 1.34. The van der Waals surface area contributed by atoms with Gasteiger partial charge in [-0.25, -0.2) is 31.9 Å². The summed E-state index contributed by atoms with van der Waals surface area (Å²) in [5.41, 5.74) is 4.03. The Morgan fingerprint density at radius 1 is 1.15 bits per heavy atom. The van der Waals surface area contributed by atoms with Gasteiger partial charge in [-0.3, -0.25) is 9.59 Å². The molecule has 4 N–H and O–H groups in total. The van der Waals surface area contributed by atoms with Gasteiger partial charge in [0.05, 0.1) is 18.3 Å². The fraction of sp³-hybridized carbons (Fsp3) is 0.440. The van der Waals surface area contributed by atoms with E-state index in [-0.39, 0.29) is 17.7 Å². The topological polar surface area (TPSA) is 107 Å². The SMILES string of the molecule is O=C(N[C@@H](c1ccccc1)c1ccc(C2CC(F)(F)C2)c(F)n1)[C@@H]1C[C@@H](F)CN1C(=O)CN1N[NH2+]N=C1C(F)F. The summed E-state index contributed by atoms with van der Waals surface area (Å²) in [5.74, 6) is -6.65. The number of amides is 2. The zero-order valence-electron chi connectivity index (χ0n) is 20.9. The van der Waals surface area contributed by atoms with Crippen LogP contribution in [0.2, 0.25) is 0 Å². The number of nitrogens with one attached hydrogen (secondary N) is 2. The van der Waals surface area contributed by atoms with Gasteiger partial charge in [0.25, 0.3) is 0 Å². The highest BCUT2D eigenvalue weighted by Crippen LogP contribution is 2.48. The minimum atomic E-state index is -2.96. The van der Waals surface area contributed by atoms with Crippen LogP contribution in [0, 0.1) is 5.95 Å². The lowest BCUT2D eigenvalue weighted by atomic mass is 9.77. The maximum Gasteiger partial charge on any atom is 0.302 e. The molecule has 15 heteroatoms. The van der Waals surface area contributed by atoms with E-state index in [1.165, 1.54) is 12.1 Å². The van der Waals surface area contributed by atoms with Gasteiger partial charge >= 0.3 is 6.43 Å². The molecule has 2 fully saturated rings. The number of rotatable bonds is 8. The van der Waals surface area contributed by atoms with Crippen molar-refractivity contribution in [3.05, 3.63) is 65.2 Å². The quantitative estimate of drug-likeness (QED) is 0.255. The molecule has 2 amide bonds. The molecule has 3 aliphatic rings. The van der Waals surface area contributed by atoms with Crippen LogP contribution in [0.4, 0.5) is 26.3 Å². The molecule has 5 rings (SSSR count). The normalized spacial score (nSPS) is 23.2. The van der Waals surface area contributed by atoms with Gasteiger partial charge in [-0.2, -0.15) is 4.39 Å². The fourth-order valence-electron chi connectivity index (χ4n) is 5.15. The zero-order valence-corrected chi connectivity index (χ0v) is 20.9. The van der Waals surface area contributed by atoms with Crippen molar-refractivity contribution >= 4 is 17.6 Å². The number of hydrogen-bond donors (Lipinski definition) is 3. The van der Waals surface area contributed by atoms with Gasteiger partial charge < -0.3 is 10.2 Å². The Bertz CT molecular complexity index is 1290. The average molecular weight is 571 g/mol. The van der Waals surface area contributed by atoms with Gasteiger partial charge in [0.1, 0.15) is 18.8 Å². The standard InChI is InChI=1S/C25H25F6N7O2/c26-15-8-18(37(11-15)19(39)12-38-23(21(27)28)34-35-36-38)24(40)33-20(13-4-2-1-3-5-13)17-7-6-16(22(29)32-17)14-9-25(30,31)10-14/h1-7,14-15,18,20-21,35-36H,8-12H2,(H,33,40)/p+1/t15-,18+,20+/m1/s1. The molecule has 9 nitrogen and oxygen atoms in total. The number of hydrogen-bond acceptors (Lipinski definition) is 6. The van der Waals surface area contributed by atoms with Crippen molar-refractivity contribution in [2.75, 3.05) is 13.1 Å². The second-order valence-electron chi connectivity index (χ2n) is 9.96. The Hall–Kier alpha value is -3.72. The molecule has 1 saturated heterocycles. The predicted octanol–water partition coefficient (Wildman–Crippen LogP) is 1.76. The van der Waals surface area contributed by atoms with Crippen LogP contribution in [0.5, 0.6) is 0 Å². The largest absolute Gasteiger partial charge is 0.342 e. The van der Waals surface area contributed by atoms with E-state index in [4.69, 9.17) is 0 Å². The van der Waals surface area contributed by atoms with E-state index in [1.807, 2.05) is 0 Å². The minimum Gasteiger partial charge on any atom is -0.342 e. The monoisotopic (exact) mass is 570 g/mol. The van der Waals surface area contributed by atoms with Crippen molar-refractivity contribution in [1.29, 1.82) is 0 Å². The minimum absolute atomic E-state index is 0.0557. The van der Waals surface area contributed by atoms with E-state index in [2.05, 4.69) is 20.9 Å². The highest BCUT2D eigenvalue weighted by Gasteiger charge is 2.47. The van der Waals surface area contributed by atoms with E-state index in [1.54, 1.807) is 30.3 Å². The van der Waals surface area contributed by atoms with Crippen LogP contribution in [-0.2, 0) is 9.59 Å². The molecule has 2 aliphatic heterocycles. The van der Waals surface area contributed by atoms with Crippen molar-refractivity contribution in [3.63, 3.8) is 0 Å². The number of aromatic nitrogens is 1. The third-order valence-corrected chi connectivity index (χ3v) is 7.19. The summed E-state index contributed by atoms with van der Waals surface area (Å²) < 4.78 is 82.3. The first kappa shape index (κ1) is 27.8. The molecule has 0 unspecified atom stereocenters. The Morgan fingerprint density at radius 3 is 2.52 bits per heavy atom. The number of carbonyl (C=O) groups is 2. The van der Waals surface area contributed by atoms with Gasteiger partial charge in [0.15, 0.2) is 0 Å². The second-order valence-corrected chi connectivity index (χ2v) is 9.96. The van der Waals surface area contributed by atoms with E-state index < -0.39 is 86.1 Å². The summed E-state index contributed by atoms with van der Waals surface area (Å²) in [4.78, 5) is 31.3. The molecule has 0 bridgehead atoms. The number of amidine groups is 1. The van der Waals surface area contributed by atoms with Crippen molar-refractivity contribution < 1.29 is 41.5 Å². The number of hydrazine groups is 1. The molecule has 1 aliphatic carbocycles. The summed E-state index contributed by atoms with van der Waals surface area (Å²) in [6.07, 6.45) is -5.78. The van der Waals surface area contributed by atoms with Crippen LogP contribution < -0.4 is 16.4 Å². The number of nitrogens with zero attached hydrogens (tertiary/aromatic N) is 4.